The number of rotatable bonds is 3. The van der Waals surface area contributed by atoms with Gasteiger partial charge >= 0.3 is 0 Å². The van der Waals surface area contributed by atoms with Crippen molar-refractivity contribution in [2.45, 2.75) is 6.42 Å². The molecule has 0 aliphatic carbocycles. The first-order chi connectivity index (χ1) is 13.0. The zero-order chi connectivity index (χ0) is 19.0. The van der Waals surface area contributed by atoms with Crippen LogP contribution < -0.4 is 5.43 Å². The highest BCUT2D eigenvalue weighted by atomic mass is 79.9. The molecule has 4 aromatic rings. The van der Waals surface area contributed by atoms with Crippen molar-refractivity contribution in [3.05, 3.63) is 103 Å². The van der Waals surface area contributed by atoms with Crippen LogP contribution in [-0.2, 0) is 6.42 Å². The van der Waals surface area contributed by atoms with Gasteiger partial charge in [0.25, 0.3) is 0 Å². The van der Waals surface area contributed by atoms with E-state index in [1.54, 1.807) is 0 Å². The monoisotopic (exact) mass is 486 g/mol. The Bertz CT molecular complexity index is 1210. The molecule has 0 fully saturated rings. The molecule has 1 aromatic heterocycles. The highest BCUT2D eigenvalue weighted by Crippen LogP contribution is 2.30. The predicted octanol–water partition coefficient (Wildman–Crippen LogP) is 6.71. The van der Waals surface area contributed by atoms with Gasteiger partial charge in [-0.1, -0.05) is 56.1 Å². The van der Waals surface area contributed by atoms with Crippen molar-refractivity contribution in [3.8, 4) is 11.3 Å². The maximum Gasteiger partial charge on any atom is 0.196 e. The van der Waals surface area contributed by atoms with E-state index in [0.717, 1.165) is 20.1 Å². The van der Waals surface area contributed by atoms with Gasteiger partial charge in [-0.3, -0.25) is 4.79 Å². The standard InChI is InChI=1S/C22H13Br2FO2/c23-15-5-1-3-13(9-15)10-19-21(26)18-12-17(25)7-8-20(18)27-22(19)14-4-2-6-16(24)11-14/h1-9,11-12H,10H2. The quantitative estimate of drug-likeness (QED) is 0.321. The lowest BCUT2D eigenvalue weighted by Crippen LogP contribution is -2.12. The van der Waals surface area contributed by atoms with Crippen LogP contribution in [0.1, 0.15) is 11.1 Å². The Hall–Kier alpha value is -2.24. The van der Waals surface area contributed by atoms with E-state index in [1.807, 2.05) is 48.5 Å². The second-order valence-electron chi connectivity index (χ2n) is 6.20. The third-order valence-electron chi connectivity index (χ3n) is 4.30. The number of benzene rings is 3. The maximum atomic E-state index is 13.7. The number of fused-ring (bicyclic) bond motifs is 1. The SMILES string of the molecule is O=c1c(Cc2cccc(Br)c2)c(-c2cccc(Br)c2)oc2ccc(F)cc12. The van der Waals surface area contributed by atoms with Crippen LogP contribution in [0.15, 0.2) is 84.9 Å². The Morgan fingerprint density at radius 2 is 1.63 bits per heavy atom. The van der Waals surface area contributed by atoms with Gasteiger partial charge in [0.15, 0.2) is 5.43 Å². The molecule has 0 amide bonds. The lowest BCUT2D eigenvalue weighted by molar-refractivity contribution is 0.603. The van der Waals surface area contributed by atoms with Gasteiger partial charge in [0.05, 0.1) is 5.39 Å². The minimum atomic E-state index is -0.460. The van der Waals surface area contributed by atoms with Gasteiger partial charge in [-0.25, -0.2) is 4.39 Å². The van der Waals surface area contributed by atoms with E-state index in [1.165, 1.54) is 18.2 Å². The summed E-state index contributed by atoms with van der Waals surface area (Å²) in [5, 5.41) is 0.249. The molecule has 5 heteroatoms. The topological polar surface area (TPSA) is 30.2 Å². The van der Waals surface area contributed by atoms with Crippen molar-refractivity contribution in [2.24, 2.45) is 0 Å². The molecule has 0 N–H and O–H groups in total. The predicted molar refractivity (Wildman–Crippen MR) is 113 cm³/mol. The molecule has 0 saturated heterocycles. The summed E-state index contributed by atoms with van der Waals surface area (Å²) in [6, 6.07) is 19.4. The molecule has 2 nitrogen and oxygen atoms in total. The second kappa shape index (κ2) is 7.41. The maximum absolute atomic E-state index is 13.7. The summed E-state index contributed by atoms with van der Waals surface area (Å²) in [6.45, 7) is 0. The summed E-state index contributed by atoms with van der Waals surface area (Å²) >= 11 is 6.92. The molecule has 0 saturated carbocycles. The minimum absolute atomic E-state index is 0.217. The number of hydrogen-bond donors (Lipinski definition) is 0. The summed E-state index contributed by atoms with van der Waals surface area (Å²) in [6.07, 6.45) is 0.385. The first-order valence-electron chi connectivity index (χ1n) is 8.27. The molecular formula is C22H13Br2FO2. The van der Waals surface area contributed by atoms with E-state index >= 15 is 0 Å². The number of halogens is 3. The minimum Gasteiger partial charge on any atom is -0.456 e. The second-order valence-corrected chi connectivity index (χ2v) is 8.03. The van der Waals surface area contributed by atoms with Crippen molar-refractivity contribution in [1.29, 1.82) is 0 Å². The molecule has 0 aliphatic heterocycles. The summed E-state index contributed by atoms with van der Waals surface area (Å²) in [5.74, 6) is 0.0406. The van der Waals surface area contributed by atoms with Crippen LogP contribution in [0.5, 0.6) is 0 Å². The molecule has 3 aromatic carbocycles. The van der Waals surface area contributed by atoms with Crippen molar-refractivity contribution in [2.75, 3.05) is 0 Å². The lowest BCUT2D eigenvalue weighted by Gasteiger charge is -2.11. The van der Waals surface area contributed by atoms with Crippen LogP contribution in [-0.4, -0.2) is 0 Å². The van der Waals surface area contributed by atoms with Crippen LogP contribution >= 0.6 is 31.9 Å². The largest absolute Gasteiger partial charge is 0.456 e. The third kappa shape index (κ3) is 3.75. The first kappa shape index (κ1) is 18.1. The van der Waals surface area contributed by atoms with E-state index in [4.69, 9.17) is 4.42 Å². The van der Waals surface area contributed by atoms with Crippen molar-refractivity contribution in [3.63, 3.8) is 0 Å². The summed E-state index contributed by atoms with van der Waals surface area (Å²) in [5.41, 5.74) is 2.41. The molecule has 0 bridgehead atoms. The average molecular weight is 488 g/mol. The normalized spacial score (nSPS) is 11.1. The van der Waals surface area contributed by atoms with E-state index in [9.17, 15) is 9.18 Å². The molecule has 27 heavy (non-hydrogen) atoms. The van der Waals surface area contributed by atoms with Gasteiger partial charge in [0.2, 0.25) is 0 Å². The Balaban J connectivity index is 1.99. The fraction of sp³-hybridized carbons (Fsp3) is 0.0455. The summed E-state index contributed by atoms with van der Waals surface area (Å²) in [4.78, 5) is 13.2. The molecular weight excluding hydrogens is 475 g/mol. The van der Waals surface area contributed by atoms with Gasteiger partial charge in [-0.15, -0.1) is 0 Å². The Kier molecular flexibility index (Phi) is 4.98. The summed E-state index contributed by atoms with van der Waals surface area (Å²) < 4.78 is 21.6. The van der Waals surface area contributed by atoms with Crippen LogP contribution in [0.25, 0.3) is 22.3 Å². The van der Waals surface area contributed by atoms with Gasteiger partial charge in [-0.2, -0.15) is 0 Å². The van der Waals surface area contributed by atoms with Crippen LogP contribution in [0, 0.1) is 5.82 Å². The van der Waals surface area contributed by atoms with Crippen molar-refractivity contribution >= 4 is 42.8 Å². The van der Waals surface area contributed by atoms with Gasteiger partial charge in [0.1, 0.15) is 17.2 Å². The molecule has 1 heterocycles. The highest BCUT2D eigenvalue weighted by molar-refractivity contribution is 9.10. The zero-order valence-electron chi connectivity index (χ0n) is 14.0. The highest BCUT2D eigenvalue weighted by Gasteiger charge is 2.17. The van der Waals surface area contributed by atoms with Crippen molar-refractivity contribution in [1.82, 2.24) is 0 Å². The third-order valence-corrected chi connectivity index (χ3v) is 5.29. The molecule has 0 radical (unpaired) electrons. The van der Waals surface area contributed by atoms with Gasteiger partial charge in [0, 0.05) is 26.5 Å². The molecule has 4 rings (SSSR count). The average Bonchev–Trinajstić information content (AvgIpc) is 2.64. The van der Waals surface area contributed by atoms with E-state index < -0.39 is 5.82 Å². The lowest BCUT2D eigenvalue weighted by atomic mass is 9.98. The van der Waals surface area contributed by atoms with Crippen LogP contribution in [0.4, 0.5) is 4.39 Å². The van der Waals surface area contributed by atoms with E-state index in [2.05, 4.69) is 31.9 Å². The molecule has 0 unspecified atom stereocenters. The molecule has 0 aliphatic rings. The molecule has 134 valence electrons. The Labute approximate surface area is 171 Å². The van der Waals surface area contributed by atoms with E-state index in [0.29, 0.717) is 23.3 Å². The fourth-order valence-electron chi connectivity index (χ4n) is 3.08. The van der Waals surface area contributed by atoms with Gasteiger partial charge in [-0.05, 0) is 48.0 Å². The Morgan fingerprint density at radius 3 is 2.37 bits per heavy atom. The van der Waals surface area contributed by atoms with Gasteiger partial charge < -0.3 is 4.42 Å². The smallest absolute Gasteiger partial charge is 0.196 e. The van der Waals surface area contributed by atoms with Crippen molar-refractivity contribution < 1.29 is 8.81 Å². The van der Waals surface area contributed by atoms with Crippen LogP contribution in [0.3, 0.4) is 0 Å². The molecule has 0 spiro atoms. The zero-order valence-corrected chi connectivity index (χ0v) is 17.2. The Morgan fingerprint density at radius 1 is 0.889 bits per heavy atom. The van der Waals surface area contributed by atoms with E-state index in [-0.39, 0.29) is 10.8 Å². The number of hydrogen-bond acceptors (Lipinski definition) is 2. The van der Waals surface area contributed by atoms with Crippen LogP contribution in [0.2, 0.25) is 0 Å². The fourth-order valence-corrected chi connectivity index (χ4v) is 3.93. The first-order valence-corrected chi connectivity index (χ1v) is 9.85. The molecule has 0 atom stereocenters. The summed E-state index contributed by atoms with van der Waals surface area (Å²) in [7, 11) is 0.